The number of fused-ring (bicyclic) bond motifs is 4. The smallest absolute Gasteiger partial charge is 0.312 e. The van der Waals surface area contributed by atoms with Gasteiger partial charge in [0, 0.05) is 23.1 Å². The summed E-state index contributed by atoms with van der Waals surface area (Å²) in [6.07, 6.45) is 1.65. The molecule has 0 radical (unpaired) electrons. The Hall–Kier alpha value is -4.65. The number of benzene rings is 3. The Morgan fingerprint density at radius 1 is 0.974 bits per heavy atom. The first-order chi connectivity index (χ1) is 18.3. The number of hydrogen-bond acceptors (Lipinski definition) is 6. The van der Waals surface area contributed by atoms with E-state index in [1.807, 2.05) is 30.3 Å². The van der Waals surface area contributed by atoms with Crippen molar-refractivity contribution in [2.45, 2.75) is 32.1 Å². The average Bonchev–Trinajstić information content (AvgIpc) is 3.22. The van der Waals surface area contributed by atoms with E-state index in [1.54, 1.807) is 43.5 Å². The second kappa shape index (κ2) is 9.03. The highest BCUT2D eigenvalue weighted by Gasteiger charge is 2.39. The molecule has 1 aromatic heterocycles. The zero-order valence-electron chi connectivity index (χ0n) is 21.2. The first-order valence-electron chi connectivity index (χ1n) is 12.4. The van der Waals surface area contributed by atoms with Gasteiger partial charge >= 0.3 is 5.97 Å². The van der Waals surface area contributed by atoms with Gasteiger partial charge in [-0.25, -0.2) is 0 Å². The molecule has 3 aromatic carbocycles. The van der Waals surface area contributed by atoms with Crippen LogP contribution in [0.5, 0.6) is 17.2 Å². The molecule has 0 fully saturated rings. The summed E-state index contributed by atoms with van der Waals surface area (Å²) in [4.78, 5) is 42.0. The van der Waals surface area contributed by atoms with Crippen molar-refractivity contribution in [3.05, 3.63) is 105 Å². The number of methoxy groups -OCH3 is 1. The molecule has 3 heterocycles. The van der Waals surface area contributed by atoms with Crippen LogP contribution in [0, 0.1) is 0 Å². The summed E-state index contributed by atoms with van der Waals surface area (Å²) in [6, 6.07) is 18.3. The molecule has 1 N–H and O–H groups in total. The highest BCUT2D eigenvalue weighted by molar-refractivity contribution is 6.15. The Morgan fingerprint density at radius 3 is 2.50 bits per heavy atom. The van der Waals surface area contributed by atoms with Crippen LogP contribution in [0.1, 0.15) is 64.7 Å². The van der Waals surface area contributed by atoms with E-state index in [-0.39, 0.29) is 29.3 Å². The first kappa shape index (κ1) is 23.7. The predicted octanol–water partition coefficient (Wildman–Crippen LogP) is 5.72. The van der Waals surface area contributed by atoms with Crippen molar-refractivity contribution in [1.82, 2.24) is 4.98 Å². The molecule has 1 atom stereocenters. The number of ketones is 1. The largest absolute Gasteiger partial charge is 0.497 e. The van der Waals surface area contributed by atoms with Crippen LogP contribution in [-0.2, 0) is 4.79 Å². The fraction of sp³-hybridized carbons (Fsp3) is 0.194. The molecule has 0 unspecified atom stereocenters. The van der Waals surface area contributed by atoms with Crippen molar-refractivity contribution in [3.8, 4) is 17.2 Å². The number of Topliss-reactive ketones (excluding diaryl/α,β-unsaturated/α-hetero) is 1. The third kappa shape index (κ3) is 3.96. The van der Waals surface area contributed by atoms with Crippen LogP contribution in [0.15, 0.2) is 71.2 Å². The number of aromatic nitrogens is 1. The van der Waals surface area contributed by atoms with Crippen LogP contribution in [-0.4, -0.2) is 23.8 Å². The lowest BCUT2D eigenvalue weighted by molar-refractivity contribution is -0.135. The summed E-state index contributed by atoms with van der Waals surface area (Å²) in [6.45, 7) is 4.25. The summed E-state index contributed by atoms with van der Waals surface area (Å²) in [5.74, 6) is 0.453. The van der Waals surface area contributed by atoms with Gasteiger partial charge in [-0.3, -0.25) is 14.4 Å². The summed E-state index contributed by atoms with van der Waals surface area (Å²) < 4.78 is 16.9. The van der Waals surface area contributed by atoms with Gasteiger partial charge in [0.25, 0.3) is 5.56 Å². The molecule has 7 nitrogen and oxygen atoms in total. The highest BCUT2D eigenvalue weighted by Crippen LogP contribution is 2.48. The fourth-order valence-corrected chi connectivity index (χ4v) is 5.08. The average molecular weight is 508 g/mol. The molecule has 2 aliphatic rings. The van der Waals surface area contributed by atoms with E-state index in [4.69, 9.17) is 14.2 Å². The van der Waals surface area contributed by atoms with Crippen LogP contribution in [0.3, 0.4) is 0 Å². The fourth-order valence-electron chi connectivity index (χ4n) is 5.08. The van der Waals surface area contributed by atoms with Gasteiger partial charge in [-0.15, -0.1) is 0 Å². The van der Waals surface area contributed by atoms with Gasteiger partial charge in [-0.05, 0) is 58.8 Å². The Kier molecular flexibility index (Phi) is 5.64. The lowest BCUT2D eigenvalue weighted by Gasteiger charge is -2.26. The molecule has 0 saturated heterocycles. The summed E-state index contributed by atoms with van der Waals surface area (Å²) in [5, 5.41) is 0.788. The molecule has 0 aliphatic carbocycles. The zero-order valence-corrected chi connectivity index (χ0v) is 21.2. The van der Waals surface area contributed by atoms with E-state index in [9.17, 15) is 14.4 Å². The Bertz CT molecular complexity index is 1710. The zero-order chi connectivity index (χ0) is 26.6. The van der Waals surface area contributed by atoms with E-state index in [1.165, 1.54) is 5.56 Å². The number of pyridine rings is 1. The number of carbonyl (C=O) groups is 2. The molecule has 38 heavy (non-hydrogen) atoms. The van der Waals surface area contributed by atoms with Gasteiger partial charge in [0.1, 0.15) is 17.2 Å². The highest BCUT2D eigenvalue weighted by atomic mass is 16.5. The van der Waals surface area contributed by atoms with E-state index < -0.39 is 11.9 Å². The minimum absolute atomic E-state index is 0.0541. The van der Waals surface area contributed by atoms with Gasteiger partial charge in [-0.2, -0.15) is 0 Å². The molecule has 2 aliphatic heterocycles. The number of hydrogen-bond donors (Lipinski definition) is 1. The Morgan fingerprint density at radius 2 is 1.76 bits per heavy atom. The quantitative estimate of drug-likeness (QED) is 0.216. The van der Waals surface area contributed by atoms with Gasteiger partial charge in [-0.1, -0.05) is 38.1 Å². The van der Waals surface area contributed by atoms with Gasteiger partial charge in [0.15, 0.2) is 5.76 Å². The normalized spacial score (nSPS) is 17.4. The lowest BCUT2D eigenvalue weighted by atomic mass is 9.85. The molecule has 6 rings (SSSR count). The summed E-state index contributed by atoms with van der Waals surface area (Å²) in [7, 11) is 1.56. The standard InChI is InChI=1S/C31H25NO6/c1-16(2)18-6-4-17(5-7-18)12-26-29(34)21-10-11-25-28(30(21)38-26)22(15-27(33)37-25)23-13-19-8-9-20(36-3)14-24(19)32-31(23)35/h4-14,16,22H,15H2,1-3H3,(H,32,35)/b26-12-/t22-/m1/s1. The molecule has 0 spiro atoms. The number of ether oxygens (including phenoxy) is 3. The maximum Gasteiger partial charge on any atom is 0.312 e. The number of H-pyrrole nitrogens is 1. The second-order valence-corrected chi connectivity index (χ2v) is 9.85. The Balaban J connectivity index is 1.44. The van der Waals surface area contributed by atoms with Crippen molar-refractivity contribution in [2.75, 3.05) is 7.11 Å². The summed E-state index contributed by atoms with van der Waals surface area (Å²) >= 11 is 0. The van der Waals surface area contributed by atoms with Crippen molar-refractivity contribution < 1.29 is 23.8 Å². The van der Waals surface area contributed by atoms with Gasteiger partial charge < -0.3 is 19.2 Å². The van der Waals surface area contributed by atoms with E-state index in [0.717, 1.165) is 10.9 Å². The van der Waals surface area contributed by atoms with Crippen LogP contribution in [0.4, 0.5) is 0 Å². The van der Waals surface area contributed by atoms with Crippen LogP contribution >= 0.6 is 0 Å². The predicted molar refractivity (Wildman–Crippen MR) is 143 cm³/mol. The minimum atomic E-state index is -0.645. The second-order valence-electron chi connectivity index (χ2n) is 9.85. The Labute approximate surface area is 218 Å². The third-order valence-corrected chi connectivity index (χ3v) is 7.14. The van der Waals surface area contributed by atoms with Crippen LogP contribution in [0.2, 0.25) is 0 Å². The molecule has 0 saturated carbocycles. The number of esters is 1. The maximum absolute atomic E-state index is 13.3. The van der Waals surface area contributed by atoms with E-state index in [2.05, 4.69) is 18.8 Å². The number of aromatic amines is 1. The van der Waals surface area contributed by atoms with Crippen LogP contribution < -0.4 is 19.8 Å². The number of nitrogens with one attached hydrogen (secondary N) is 1. The van der Waals surface area contributed by atoms with E-state index >= 15 is 0 Å². The SMILES string of the molecule is COc1ccc2cc([C@H]3CC(=O)Oc4ccc5c(c43)O/C(=C\c3ccc(C(C)C)cc3)C5=O)c(=O)[nH]c2c1. The number of rotatable bonds is 4. The minimum Gasteiger partial charge on any atom is -0.497 e. The molecular weight excluding hydrogens is 482 g/mol. The molecule has 7 heteroatoms. The monoisotopic (exact) mass is 507 g/mol. The van der Waals surface area contributed by atoms with Crippen molar-refractivity contribution in [2.24, 2.45) is 0 Å². The van der Waals surface area contributed by atoms with Gasteiger partial charge in [0.05, 0.1) is 24.6 Å². The van der Waals surface area contributed by atoms with E-state index in [0.29, 0.717) is 39.6 Å². The number of carbonyl (C=O) groups excluding carboxylic acids is 2. The summed E-state index contributed by atoms with van der Waals surface area (Å²) in [5.41, 5.74) is 3.61. The topological polar surface area (TPSA) is 94.7 Å². The van der Waals surface area contributed by atoms with Crippen molar-refractivity contribution in [1.29, 1.82) is 0 Å². The molecular formula is C31H25NO6. The van der Waals surface area contributed by atoms with Crippen molar-refractivity contribution in [3.63, 3.8) is 0 Å². The molecule has 0 bridgehead atoms. The third-order valence-electron chi connectivity index (χ3n) is 7.14. The van der Waals surface area contributed by atoms with Gasteiger partial charge in [0.2, 0.25) is 5.78 Å². The molecule has 190 valence electrons. The first-order valence-corrected chi connectivity index (χ1v) is 12.4. The molecule has 4 aromatic rings. The lowest BCUT2D eigenvalue weighted by Crippen LogP contribution is -2.26. The number of allylic oxidation sites excluding steroid dienone is 1. The van der Waals surface area contributed by atoms with Crippen LogP contribution in [0.25, 0.3) is 17.0 Å². The maximum atomic E-state index is 13.3. The van der Waals surface area contributed by atoms with Crippen molar-refractivity contribution >= 4 is 28.7 Å². The molecule has 0 amide bonds.